The van der Waals surface area contributed by atoms with Crippen LogP contribution in [0.2, 0.25) is 0 Å². The van der Waals surface area contributed by atoms with E-state index < -0.39 is 0 Å². The second-order valence-corrected chi connectivity index (χ2v) is 4.85. The molecule has 0 atom stereocenters. The van der Waals surface area contributed by atoms with Crippen LogP contribution in [0.3, 0.4) is 0 Å². The summed E-state index contributed by atoms with van der Waals surface area (Å²) in [7, 11) is 0. The summed E-state index contributed by atoms with van der Waals surface area (Å²) in [6.45, 7) is 6.98. The van der Waals surface area contributed by atoms with Crippen LogP contribution in [0.4, 0.5) is 11.8 Å². The molecule has 0 aliphatic rings. The van der Waals surface area contributed by atoms with Gasteiger partial charge in [0.05, 0.1) is 0 Å². The fraction of sp³-hybridized carbons (Fsp3) is 0.636. The van der Waals surface area contributed by atoms with E-state index in [-0.39, 0.29) is 12.0 Å². The lowest BCUT2D eigenvalue weighted by Crippen LogP contribution is -2.25. The molecule has 0 amide bonds. The number of rotatable bonds is 6. The summed E-state index contributed by atoms with van der Waals surface area (Å²) >= 11 is 0. The summed E-state index contributed by atoms with van der Waals surface area (Å²) in [6, 6.07) is 1.86. The Bertz CT molecular complexity index is 367. The number of aliphatic hydroxyl groups is 1. The van der Waals surface area contributed by atoms with E-state index in [0.717, 1.165) is 24.5 Å². The molecule has 0 saturated heterocycles. The van der Waals surface area contributed by atoms with E-state index in [1.54, 1.807) is 0 Å². The van der Waals surface area contributed by atoms with Crippen LogP contribution < -0.4 is 16.6 Å². The molecule has 0 aliphatic heterocycles. The van der Waals surface area contributed by atoms with Crippen molar-refractivity contribution in [3.05, 3.63) is 11.8 Å². The van der Waals surface area contributed by atoms with E-state index in [0.29, 0.717) is 5.95 Å². The van der Waals surface area contributed by atoms with E-state index in [4.69, 9.17) is 10.9 Å². The topological polar surface area (TPSA) is 96.1 Å². The quantitative estimate of drug-likeness (QED) is 0.435. The fourth-order valence-electron chi connectivity index (χ4n) is 1.44. The third-order valence-corrected chi connectivity index (χ3v) is 2.52. The molecule has 0 radical (unpaired) electrons. The molecule has 0 saturated carbocycles. The number of nitrogen functional groups attached to an aromatic ring is 1. The molecule has 0 spiro atoms. The monoisotopic (exact) mass is 239 g/mol. The van der Waals surface area contributed by atoms with Gasteiger partial charge in [-0.15, -0.1) is 0 Å². The first-order valence-electron chi connectivity index (χ1n) is 5.64. The Hall–Kier alpha value is -1.40. The normalized spacial score (nSPS) is 11.4. The molecular formula is C11H21N5O. The van der Waals surface area contributed by atoms with Gasteiger partial charge in [0.15, 0.2) is 0 Å². The zero-order valence-electron chi connectivity index (χ0n) is 10.6. The number of hydrazine groups is 1. The Morgan fingerprint density at radius 3 is 2.71 bits per heavy atom. The van der Waals surface area contributed by atoms with Crippen molar-refractivity contribution in [2.45, 2.75) is 27.2 Å². The number of hydrogen-bond donors (Lipinski definition) is 4. The summed E-state index contributed by atoms with van der Waals surface area (Å²) in [4.78, 5) is 8.30. The summed E-state index contributed by atoms with van der Waals surface area (Å²) in [5, 5.41) is 12.2. The van der Waals surface area contributed by atoms with Gasteiger partial charge in [-0.1, -0.05) is 13.8 Å². The maximum atomic E-state index is 8.95. The average Bonchev–Trinajstić information content (AvgIpc) is 2.26. The Labute approximate surface area is 102 Å². The lowest BCUT2D eigenvalue weighted by molar-refractivity contribution is 0.220. The van der Waals surface area contributed by atoms with Crippen molar-refractivity contribution in [3.63, 3.8) is 0 Å². The molecule has 1 rings (SSSR count). The standard InChI is InChI=1S/C11H21N5O/c1-8-6-9(15-10(14-8)16-12)13-7-11(2,3)4-5-17/h6,17H,4-5,7,12H2,1-3H3,(H2,13,14,15,16). The fourth-order valence-corrected chi connectivity index (χ4v) is 1.44. The van der Waals surface area contributed by atoms with Crippen molar-refractivity contribution in [2.24, 2.45) is 11.3 Å². The highest BCUT2D eigenvalue weighted by Crippen LogP contribution is 2.20. The Morgan fingerprint density at radius 2 is 2.12 bits per heavy atom. The molecule has 17 heavy (non-hydrogen) atoms. The Kier molecular flexibility index (Phi) is 4.65. The first-order chi connectivity index (χ1) is 7.96. The van der Waals surface area contributed by atoms with Crippen molar-refractivity contribution in [1.82, 2.24) is 9.97 Å². The predicted octanol–water partition coefficient (Wildman–Crippen LogP) is 0.891. The minimum absolute atomic E-state index is 0.0178. The smallest absolute Gasteiger partial charge is 0.239 e. The first kappa shape index (κ1) is 13.7. The zero-order valence-corrected chi connectivity index (χ0v) is 10.6. The van der Waals surface area contributed by atoms with Gasteiger partial charge in [-0.25, -0.2) is 10.8 Å². The van der Waals surface area contributed by atoms with Crippen LogP contribution >= 0.6 is 0 Å². The molecule has 5 N–H and O–H groups in total. The summed E-state index contributed by atoms with van der Waals surface area (Å²) < 4.78 is 0. The SMILES string of the molecule is Cc1cc(NCC(C)(C)CCO)nc(NN)n1. The number of aromatic nitrogens is 2. The van der Waals surface area contributed by atoms with Gasteiger partial charge < -0.3 is 10.4 Å². The van der Waals surface area contributed by atoms with Gasteiger partial charge in [-0.3, -0.25) is 5.43 Å². The molecule has 0 bridgehead atoms. The summed E-state index contributed by atoms with van der Waals surface area (Å²) in [6.07, 6.45) is 0.742. The molecule has 1 aromatic heterocycles. The highest BCUT2D eigenvalue weighted by molar-refractivity contribution is 5.41. The van der Waals surface area contributed by atoms with Gasteiger partial charge in [0.1, 0.15) is 5.82 Å². The van der Waals surface area contributed by atoms with Crippen LogP contribution in [0.5, 0.6) is 0 Å². The van der Waals surface area contributed by atoms with Crippen LogP contribution in [-0.2, 0) is 0 Å². The zero-order chi connectivity index (χ0) is 12.9. The average molecular weight is 239 g/mol. The number of aryl methyl sites for hydroxylation is 1. The van der Waals surface area contributed by atoms with Crippen molar-refractivity contribution >= 4 is 11.8 Å². The van der Waals surface area contributed by atoms with Gasteiger partial charge in [0.25, 0.3) is 0 Å². The molecule has 0 fully saturated rings. The molecule has 0 unspecified atom stereocenters. The van der Waals surface area contributed by atoms with Crippen molar-refractivity contribution in [1.29, 1.82) is 0 Å². The summed E-state index contributed by atoms with van der Waals surface area (Å²) in [5.74, 6) is 6.41. The van der Waals surface area contributed by atoms with Gasteiger partial charge in [0.2, 0.25) is 5.95 Å². The highest BCUT2D eigenvalue weighted by atomic mass is 16.3. The van der Waals surface area contributed by atoms with Gasteiger partial charge in [0, 0.05) is 24.9 Å². The lowest BCUT2D eigenvalue weighted by Gasteiger charge is -2.24. The highest BCUT2D eigenvalue weighted by Gasteiger charge is 2.17. The molecule has 6 heteroatoms. The molecular weight excluding hydrogens is 218 g/mol. The predicted molar refractivity (Wildman–Crippen MR) is 68.6 cm³/mol. The van der Waals surface area contributed by atoms with E-state index in [2.05, 4.69) is 34.6 Å². The first-order valence-corrected chi connectivity index (χ1v) is 5.64. The summed E-state index contributed by atoms with van der Waals surface area (Å²) in [5.41, 5.74) is 3.29. The van der Waals surface area contributed by atoms with Gasteiger partial charge in [-0.2, -0.15) is 4.98 Å². The Balaban J connectivity index is 2.65. The molecule has 1 heterocycles. The minimum atomic E-state index is 0.0178. The van der Waals surface area contributed by atoms with E-state index >= 15 is 0 Å². The van der Waals surface area contributed by atoms with Crippen LogP contribution in [0.15, 0.2) is 6.07 Å². The number of aliphatic hydroxyl groups excluding tert-OH is 1. The maximum absolute atomic E-state index is 8.95. The largest absolute Gasteiger partial charge is 0.396 e. The van der Waals surface area contributed by atoms with E-state index in [9.17, 15) is 0 Å². The third kappa shape index (κ3) is 4.54. The Morgan fingerprint density at radius 1 is 1.41 bits per heavy atom. The second kappa shape index (κ2) is 5.79. The lowest BCUT2D eigenvalue weighted by atomic mass is 9.90. The van der Waals surface area contributed by atoms with Crippen molar-refractivity contribution in [3.8, 4) is 0 Å². The van der Waals surface area contributed by atoms with Crippen LogP contribution in [-0.4, -0.2) is 28.2 Å². The number of nitrogens with one attached hydrogen (secondary N) is 2. The number of nitrogens with zero attached hydrogens (tertiary/aromatic N) is 2. The molecule has 6 nitrogen and oxygen atoms in total. The molecule has 0 aromatic carbocycles. The molecule has 1 aromatic rings. The molecule has 0 aliphatic carbocycles. The number of anilines is 2. The van der Waals surface area contributed by atoms with Gasteiger partial charge in [-0.05, 0) is 18.8 Å². The van der Waals surface area contributed by atoms with Crippen LogP contribution in [0, 0.1) is 12.3 Å². The van der Waals surface area contributed by atoms with Crippen LogP contribution in [0.25, 0.3) is 0 Å². The van der Waals surface area contributed by atoms with Crippen LogP contribution in [0.1, 0.15) is 26.0 Å². The molecule has 96 valence electrons. The van der Waals surface area contributed by atoms with Crippen molar-refractivity contribution in [2.75, 3.05) is 23.9 Å². The second-order valence-electron chi connectivity index (χ2n) is 4.85. The van der Waals surface area contributed by atoms with Gasteiger partial charge >= 0.3 is 0 Å². The third-order valence-electron chi connectivity index (χ3n) is 2.52. The van der Waals surface area contributed by atoms with Crippen molar-refractivity contribution < 1.29 is 5.11 Å². The number of nitrogens with two attached hydrogens (primary N) is 1. The minimum Gasteiger partial charge on any atom is -0.396 e. The number of hydrogen-bond acceptors (Lipinski definition) is 6. The maximum Gasteiger partial charge on any atom is 0.239 e. The van der Waals surface area contributed by atoms with E-state index in [1.807, 2.05) is 13.0 Å². The van der Waals surface area contributed by atoms with E-state index in [1.165, 1.54) is 0 Å².